The molecule has 0 saturated carbocycles. The number of methoxy groups -OCH3 is 1. The molecule has 3 aromatic rings. The fraction of sp³-hybridized carbons (Fsp3) is 0.111. The van der Waals surface area contributed by atoms with Crippen molar-refractivity contribution in [3.05, 3.63) is 60.2 Å². The van der Waals surface area contributed by atoms with Gasteiger partial charge in [-0.25, -0.2) is 0 Å². The van der Waals surface area contributed by atoms with Crippen LogP contribution in [0.25, 0.3) is 28.4 Å². The number of benzene rings is 2. The van der Waals surface area contributed by atoms with E-state index >= 15 is 0 Å². The summed E-state index contributed by atoms with van der Waals surface area (Å²) in [7, 11) is 1.67. The molecule has 0 aliphatic rings. The fourth-order valence-corrected chi connectivity index (χ4v) is 2.26. The van der Waals surface area contributed by atoms with Gasteiger partial charge in [0.15, 0.2) is 0 Å². The number of furan rings is 1. The summed E-state index contributed by atoms with van der Waals surface area (Å²) >= 11 is 0. The third-order valence-corrected chi connectivity index (χ3v) is 3.27. The van der Waals surface area contributed by atoms with Gasteiger partial charge < -0.3 is 9.15 Å². The first-order valence-electron chi connectivity index (χ1n) is 6.61. The summed E-state index contributed by atoms with van der Waals surface area (Å²) in [6, 6.07) is 16.2. The Balaban J connectivity index is 2.03. The molecule has 0 bridgehead atoms. The average Bonchev–Trinajstić information content (AvgIpc) is 2.91. The van der Waals surface area contributed by atoms with E-state index in [9.17, 15) is 0 Å². The number of hydrogen-bond donors (Lipinski definition) is 0. The lowest BCUT2D eigenvalue weighted by Crippen LogP contribution is -1.81. The lowest BCUT2D eigenvalue weighted by atomic mass is 10.1. The SMILES string of the molecule is CC=Cc1ccc2oc(-c3ccc(OC)cc3)cc2c1. The second-order valence-electron chi connectivity index (χ2n) is 4.64. The Morgan fingerprint density at radius 2 is 1.80 bits per heavy atom. The smallest absolute Gasteiger partial charge is 0.135 e. The molecule has 20 heavy (non-hydrogen) atoms. The number of rotatable bonds is 3. The highest BCUT2D eigenvalue weighted by molar-refractivity contribution is 5.84. The first-order chi connectivity index (χ1) is 9.80. The van der Waals surface area contributed by atoms with Crippen molar-refractivity contribution in [2.75, 3.05) is 7.11 Å². The summed E-state index contributed by atoms with van der Waals surface area (Å²) in [6.45, 7) is 2.02. The molecule has 0 aliphatic heterocycles. The molecule has 0 aliphatic carbocycles. The highest BCUT2D eigenvalue weighted by atomic mass is 16.5. The summed E-state index contributed by atoms with van der Waals surface area (Å²) in [6.07, 6.45) is 4.12. The van der Waals surface area contributed by atoms with Crippen LogP contribution in [0.5, 0.6) is 5.75 Å². The largest absolute Gasteiger partial charge is 0.497 e. The molecule has 0 radical (unpaired) electrons. The van der Waals surface area contributed by atoms with Crippen molar-refractivity contribution in [3.8, 4) is 17.1 Å². The lowest BCUT2D eigenvalue weighted by molar-refractivity contribution is 0.415. The number of fused-ring (bicyclic) bond motifs is 1. The van der Waals surface area contributed by atoms with E-state index in [1.54, 1.807) is 7.11 Å². The van der Waals surface area contributed by atoms with Gasteiger partial charge in [0.25, 0.3) is 0 Å². The van der Waals surface area contributed by atoms with Crippen molar-refractivity contribution in [3.63, 3.8) is 0 Å². The van der Waals surface area contributed by atoms with Crippen molar-refractivity contribution in [1.82, 2.24) is 0 Å². The van der Waals surface area contributed by atoms with Crippen LogP contribution in [0, 0.1) is 0 Å². The van der Waals surface area contributed by atoms with Gasteiger partial charge in [0, 0.05) is 10.9 Å². The number of allylic oxidation sites excluding steroid dienone is 1. The molecule has 2 heteroatoms. The van der Waals surface area contributed by atoms with Crippen LogP contribution >= 0.6 is 0 Å². The minimum absolute atomic E-state index is 0.847. The molecule has 0 atom stereocenters. The van der Waals surface area contributed by atoms with E-state index in [-0.39, 0.29) is 0 Å². The number of ether oxygens (including phenoxy) is 1. The Hall–Kier alpha value is -2.48. The molecule has 100 valence electrons. The second kappa shape index (κ2) is 5.25. The Morgan fingerprint density at radius 3 is 2.50 bits per heavy atom. The van der Waals surface area contributed by atoms with E-state index in [4.69, 9.17) is 9.15 Å². The molecule has 0 N–H and O–H groups in total. The summed E-state index contributed by atoms with van der Waals surface area (Å²) in [5.41, 5.74) is 3.14. The van der Waals surface area contributed by atoms with Gasteiger partial charge in [0.1, 0.15) is 17.1 Å². The highest BCUT2D eigenvalue weighted by Crippen LogP contribution is 2.29. The monoisotopic (exact) mass is 264 g/mol. The normalized spacial score (nSPS) is 11.3. The minimum Gasteiger partial charge on any atom is -0.497 e. The molecule has 1 heterocycles. The second-order valence-corrected chi connectivity index (χ2v) is 4.64. The standard InChI is InChI=1S/C18H16O2/c1-3-4-13-5-10-17-15(11-13)12-18(20-17)14-6-8-16(19-2)9-7-14/h3-12H,1-2H3. The van der Waals surface area contributed by atoms with Crippen molar-refractivity contribution in [2.45, 2.75) is 6.92 Å². The van der Waals surface area contributed by atoms with E-state index < -0.39 is 0 Å². The maximum Gasteiger partial charge on any atom is 0.135 e. The zero-order chi connectivity index (χ0) is 13.9. The summed E-state index contributed by atoms with van der Waals surface area (Å²) in [5.74, 6) is 1.72. The van der Waals surface area contributed by atoms with Crippen LogP contribution in [0.15, 0.2) is 59.0 Å². The third-order valence-electron chi connectivity index (χ3n) is 3.27. The molecular formula is C18H16O2. The van der Waals surface area contributed by atoms with Crippen molar-refractivity contribution in [1.29, 1.82) is 0 Å². The minimum atomic E-state index is 0.847. The van der Waals surface area contributed by atoms with Crippen LogP contribution in [0.3, 0.4) is 0 Å². The third kappa shape index (κ3) is 2.32. The van der Waals surface area contributed by atoms with Crippen LogP contribution in [-0.4, -0.2) is 7.11 Å². The van der Waals surface area contributed by atoms with Gasteiger partial charge in [-0.1, -0.05) is 18.2 Å². The van der Waals surface area contributed by atoms with Crippen LogP contribution in [0.2, 0.25) is 0 Å². The lowest BCUT2D eigenvalue weighted by Gasteiger charge is -2.00. The van der Waals surface area contributed by atoms with Gasteiger partial charge in [-0.3, -0.25) is 0 Å². The number of hydrogen-bond acceptors (Lipinski definition) is 2. The van der Waals surface area contributed by atoms with Gasteiger partial charge in [-0.2, -0.15) is 0 Å². The molecule has 1 aromatic heterocycles. The van der Waals surface area contributed by atoms with Crippen molar-refractivity contribution in [2.24, 2.45) is 0 Å². The first kappa shape index (κ1) is 12.5. The van der Waals surface area contributed by atoms with Gasteiger partial charge in [0.2, 0.25) is 0 Å². The first-order valence-corrected chi connectivity index (χ1v) is 6.61. The van der Waals surface area contributed by atoms with Gasteiger partial charge >= 0.3 is 0 Å². The summed E-state index contributed by atoms with van der Waals surface area (Å²) in [5, 5.41) is 1.12. The Bertz CT molecular complexity index is 749. The molecule has 3 rings (SSSR count). The van der Waals surface area contributed by atoms with Crippen LogP contribution in [0.1, 0.15) is 12.5 Å². The fourth-order valence-electron chi connectivity index (χ4n) is 2.26. The van der Waals surface area contributed by atoms with Gasteiger partial charge in [-0.15, -0.1) is 0 Å². The topological polar surface area (TPSA) is 22.4 Å². The van der Waals surface area contributed by atoms with E-state index in [2.05, 4.69) is 24.3 Å². The zero-order valence-corrected chi connectivity index (χ0v) is 11.6. The molecule has 0 saturated heterocycles. The summed E-state index contributed by atoms with van der Waals surface area (Å²) < 4.78 is 11.1. The van der Waals surface area contributed by atoms with Crippen LogP contribution < -0.4 is 4.74 Å². The maximum absolute atomic E-state index is 5.90. The Kier molecular flexibility index (Phi) is 3.30. The van der Waals surface area contributed by atoms with Gasteiger partial charge in [0.05, 0.1) is 7.11 Å². The van der Waals surface area contributed by atoms with Gasteiger partial charge in [-0.05, 0) is 55.0 Å². The van der Waals surface area contributed by atoms with E-state index in [0.29, 0.717) is 0 Å². The summed E-state index contributed by atoms with van der Waals surface area (Å²) in [4.78, 5) is 0. The van der Waals surface area contributed by atoms with Crippen LogP contribution in [-0.2, 0) is 0 Å². The molecular weight excluding hydrogens is 248 g/mol. The van der Waals surface area contributed by atoms with Crippen LogP contribution in [0.4, 0.5) is 0 Å². The zero-order valence-electron chi connectivity index (χ0n) is 11.6. The maximum atomic E-state index is 5.90. The molecule has 2 aromatic carbocycles. The molecule has 0 unspecified atom stereocenters. The molecule has 0 spiro atoms. The van der Waals surface area contributed by atoms with Crippen molar-refractivity contribution < 1.29 is 9.15 Å². The molecule has 0 fully saturated rings. The van der Waals surface area contributed by atoms with Crippen molar-refractivity contribution >= 4 is 17.0 Å². The Labute approximate surface area is 118 Å². The quantitative estimate of drug-likeness (QED) is 0.653. The van der Waals surface area contributed by atoms with E-state index in [0.717, 1.165) is 28.0 Å². The predicted molar refractivity (Wildman–Crippen MR) is 82.9 cm³/mol. The van der Waals surface area contributed by atoms with E-state index in [1.807, 2.05) is 43.3 Å². The van der Waals surface area contributed by atoms with E-state index in [1.165, 1.54) is 5.56 Å². The molecule has 0 amide bonds. The Morgan fingerprint density at radius 1 is 1.00 bits per heavy atom. The highest BCUT2D eigenvalue weighted by Gasteiger charge is 2.06. The predicted octanol–water partition coefficient (Wildman–Crippen LogP) is 5.14. The molecule has 2 nitrogen and oxygen atoms in total. The average molecular weight is 264 g/mol.